The van der Waals surface area contributed by atoms with E-state index in [-0.39, 0.29) is 17.1 Å². The topological polar surface area (TPSA) is 80.6 Å². The lowest BCUT2D eigenvalue weighted by molar-refractivity contribution is -0.116. The molecule has 1 aliphatic heterocycles. The third-order valence-electron chi connectivity index (χ3n) is 6.96. The van der Waals surface area contributed by atoms with Crippen molar-refractivity contribution >= 4 is 39.7 Å². The molecule has 6 rings (SSSR count). The van der Waals surface area contributed by atoms with Crippen LogP contribution in [-0.2, 0) is 4.79 Å². The number of Topliss-reactive ketones (excluding diaryl/α,β-unsaturated/α-hetero) is 1. The maximum atomic E-state index is 13.8. The summed E-state index contributed by atoms with van der Waals surface area (Å²) >= 11 is 6.17. The molecule has 0 spiro atoms. The van der Waals surface area contributed by atoms with E-state index in [0.29, 0.717) is 40.0 Å². The Labute approximate surface area is 212 Å². The molecule has 0 fully saturated rings. The molecule has 1 aliphatic carbocycles. The molecule has 2 heterocycles. The lowest BCUT2D eigenvalue weighted by atomic mass is 9.78. The molecule has 7 heteroatoms. The van der Waals surface area contributed by atoms with Crippen LogP contribution in [0.1, 0.15) is 35.9 Å². The van der Waals surface area contributed by atoms with Gasteiger partial charge in [-0.2, -0.15) is 0 Å². The molecule has 0 amide bonds. The molecule has 0 saturated heterocycles. The molecule has 2 atom stereocenters. The normalized spacial score (nSPS) is 19.1. The molecular formula is C29H23ClN2O4. The Morgan fingerprint density at radius 2 is 1.72 bits per heavy atom. The van der Waals surface area contributed by atoms with Gasteiger partial charge in [0.1, 0.15) is 17.6 Å². The zero-order chi connectivity index (χ0) is 24.8. The standard InChI is InChI=1S/C29H23ClN2O4/c1-35-25-9-5-2-6-18(25)16-12-23-27(24(33)13-16)28(32-22-8-4-3-7-21(22)31-23)20-15-36-26-11-10-17(30)14-19(26)29(20)34/h2-11,14-16,28,31-32H,12-13H2,1H3. The average Bonchev–Trinajstić information content (AvgIpc) is 3.06. The molecule has 3 aromatic carbocycles. The highest BCUT2D eigenvalue weighted by Gasteiger charge is 2.38. The van der Waals surface area contributed by atoms with Crippen molar-refractivity contribution in [1.29, 1.82) is 0 Å². The Hall–Kier alpha value is -4.03. The van der Waals surface area contributed by atoms with Crippen molar-refractivity contribution < 1.29 is 13.9 Å². The molecule has 2 unspecified atom stereocenters. The van der Waals surface area contributed by atoms with Crippen molar-refractivity contribution in [2.24, 2.45) is 0 Å². The highest BCUT2D eigenvalue weighted by molar-refractivity contribution is 6.31. The number of para-hydroxylation sites is 3. The van der Waals surface area contributed by atoms with E-state index in [0.717, 1.165) is 28.4 Å². The first kappa shape index (κ1) is 22.4. The molecule has 6 nitrogen and oxygen atoms in total. The minimum atomic E-state index is -0.679. The van der Waals surface area contributed by atoms with Gasteiger partial charge in [-0.25, -0.2) is 0 Å². The second-order valence-corrected chi connectivity index (χ2v) is 9.51. The minimum Gasteiger partial charge on any atom is -0.496 e. The van der Waals surface area contributed by atoms with Gasteiger partial charge in [0, 0.05) is 28.6 Å². The molecule has 0 saturated carbocycles. The number of carbonyl (C=O) groups excluding carboxylic acids is 1. The Morgan fingerprint density at radius 1 is 0.944 bits per heavy atom. The van der Waals surface area contributed by atoms with Crippen molar-refractivity contribution in [2.75, 3.05) is 17.7 Å². The van der Waals surface area contributed by atoms with Crippen LogP contribution in [0, 0.1) is 0 Å². The first-order chi connectivity index (χ1) is 17.5. The maximum Gasteiger partial charge on any atom is 0.198 e. The van der Waals surface area contributed by atoms with Gasteiger partial charge in [-0.15, -0.1) is 0 Å². The number of hydrogen-bond donors (Lipinski definition) is 2. The Kier molecular flexibility index (Phi) is 5.53. The summed E-state index contributed by atoms with van der Waals surface area (Å²) in [5.41, 5.74) is 4.55. The largest absolute Gasteiger partial charge is 0.496 e. The highest BCUT2D eigenvalue weighted by Crippen LogP contribution is 2.45. The third kappa shape index (κ3) is 3.74. The smallest absolute Gasteiger partial charge is 0.198 e. The fourth-order valence-electron chi connectivity index (χ4n) is 5.27. The number of methoxy groups -OCH3 is 1. The van der Waals surface area contributed by atoms with Crippen LogP contribution >= 0.6 is 11.6 Å². The van der Waals surface area contributed by atoms with E-state index in [1.165, 1.54) is 6.26 Å². The van der Waals surface area contributed by atoms with Gasteiger partial charge in [0.2, 0.25) is 0 Å². The molecule has 0 bridgehead atoms. The summed E-state index contributed by atoms with van der Waals surface area (Å²) in [6.07, 6.45) is 2.35. The van der Waals surface area contributed by atoms with Crippen molar-refractivity contribution in [3.63, 3.8) is 0 Å². The van der Waals surface area contributed by atoms with Crippen LogP contribution in [0.4, 0.5) is 11.4 Å². The monoisotopic (exact) mass is 498 g/mol. The predicted octanol–water partition coefficient (Wildman–Crippen LogP) is 6.43. The van der Waals surface area contributed by atoms with E-state index in [1.807, 2.05) is 48.5 Å². The summed E-state index contributed by atoms with van der Waals surface area (Å²) in [7, 11) is 1.64. The molecule has 36 heavy (non-hydrogen) atoms. The number of anilines is 2. The van der Waals surface area contributed by atoms with Gasteiger partial charge in [-0.3, -0.25) is 9.59 Å². The fraction of sp³-hybridized carbons (Fsp3) is 0.172. The number of halogens is 1. The van der Waals surface area contributed by atoms with Gasteiger partial charge >= 0.3 is 0 Å². The molecular weight excluding hydrogens is 476 g/mol. The summed E-state index contributed by atoms with van der Waals surface area (Å²) in [6, 6.07) is 19.8. The zero-order valence-electron chi connectivity index (χ0n) is 19.5. The highest BCUT2D eigenvalue weighted by atomic mass is 35.5. The first-order valence-electron chi connectivity index (χ1n) is 11.8. The van der Waals surface area contributed by atoms with E-state index in [2.05, 4.69) is 10.6 Å². The molecule has 2 aliphatic rings. The molecule has 2 N–H and O–H groups in total. The average molecular weight is 499 g/mol. The van der Waals surface area contributed by atoms with Gasteiger partial charge < -0.3 is 19.8 Å². The summed E-state index contributed by atoms with van der Waals surface area (Å²) in [6.45, 7) is 0. The van der Waals surface area contributed by atoms with Crippen LogP contribution in [0.15, 0.2) is 93.5 Å². The second-order valence-electron chi connectivity index (χ2n) is 9.07. The number of nitrogens with one attached hydrogen (secondary N) is 2. The van der Waals surface area contributed by atoms with Crippen molar-refractivity contribution in [3.05, 3.63) is 111 Å². The van der Waals surface area contributed by atoms with E-state index < -0.39 is 6.04 Å². The number of allylic oxidation sites excluding steroid dienone is 1. The van der Waals surface area contributed by atoms with Gasteiger partial charge in [0.25, 0.3) is 0 Å². The van der Waals surface area contributed by atoms with Crippen molar-refractivity contribution in [2.45, 2.75) is 24.8 Å². The SMILES string of the molecule is COc1ccccc1C1CC(=O)C2=C(C1)Nc1ccccc1NC2c1coc2ccc(Cl)cc2c1=O. The van der Waals surface area contributed by atoms with E-state index in [9.17, 15) is 9.59 Å². The van der Waals surface area contributed by atoms with Crippen LogP contribution in [0.2, 0.25) is 5.02 Å². The van der Waals surface area contributed by atoms with Crippen LogP contribution in [0.25, 0.3) is 11.0 Å². The number of hydrogen-bond acceptors (Lipinski definition) is 6. The third-order valence-corrected chi connectivity index (χ3v) is 7.20. The lowest BCUT2D eigenvalue weighted by Crippen LogP contribution is -2.29. The Balaban J connectivity index is 1.52. The number of fused-ring (bicyclic) bond motifs is 2. The van der Waals surface area contributed by atoms with E-state index >= 15 is 0 Å². The van der Waals surface area contributed by atoms with Gasteiger partial charge in [0.15, 0.2) is 11.2 Å². The van der Waals surface area contributed by atoms with Gasteiger partial charge in [-0.1, -0.05) is 41.9 Å². The number of ketones is 1. The number of benzene rings is 3. The van der Waals surface area contributed by atoms with Crippen LogP contribution < -0.4 is 20.8 Å². The summed E-state index contributed by atoms with van der Waals surface area (Å²) in [5, 5.41) is 7.76. The summed E-state index contributed by atoms with van der Waals surface area (Å²) in [5.74, 6) is 0.670. The lowest BCUT2D eigenvalue weighted by Gasteiger charge is -2.30. The number of ether oxygens (including phenoxy) is 1. The van der Waals surface area contributed by atoms with Crippen molar-refractivity contribution in [3.8, 4) is 5.75 Å². The number of rotatable bonds is 3. The molecule has 1 aromatic heterocycles. The Bertz CT molecular complexity index is 1610. The zero-order valence-corrected chi connectivity index (χ0v) is 20.3. The van der Waals surface area contributed by atoms with Crippen LogP contribution in [0.5, 0.6) is 5.75 Å². The quantitative estimate of drug-likeness (QED) is 0.338. The molecule has 4 aromatic rings. The van der Waals surface area contributed by atoms with Crippen molar-refractivity contribution in [1.82, 2.24) is 0 Å². The molecule has 0 radical (unpaired) electrons. The second kappa shape index (κ2) is 8.88. The molecule has 180 valence electrons. The summed E-state index contributed by atoms with van der Waals surface area (Å²) < 4.78 is 11.4. The summed E-state index contributed by atoms with van der Waals surface area (Å²) in [4.78, 5) is 27.4. The van der Waals surface area contributed by atoms with Crippen LogP contribution in [-0.4, -0.2) is 12.9 Å². The first-order valence-corrected chi connectivity index (χ1v) is 12.1. The Morgan fingerprint density at radius 3 is 2.56 bits per heavy atom. The van der Waals surface area contributed by atoms with Gasteiger partial charge in [0.05, 0.1) is 35.5 Å². The van der Waals surface area contributed by atoms with Crippen LogP contribution in [0.3, 0.4) is 0 Å². The van der Waals surface area contributed by atoms with E-state index in [4.69, 9.17) is 20.8 Å². The van der Waals surface area contributed by atoms with E-state index in [1.54, 1.807) is 25.3 Å². The fourth-order valence-corrected chi connectivity index (χ4v) is 5.44. The van der Waals surface area contributed by atoms with Gasteiger partial charge in [-0.05, 0) is 48.4 Å². The number of carbonyl (C=O) groups is 1. The predicted molar refractivity (Wildman–Crippen MR) is 141 cm³/mol. The minimum absolute atomic E-state index is 0.0319. The maximum absolute atomic E-state index is 13.8.